The Balaban J connectivity index is 1.87. The third-order valence-electron chi connectivity index (χ3n) is 4.08. The summed E-state index contributed by atoms with van der Waals surface area (Å²) in [6.07, 6.45) is 4.24. The van der Waals surface area contributed by atoms with Crippen LogP contribution < -0.4 is 5.56 Å². The number of hydrogen-bond donors (Lipinski definition) is 1. The monoisotopic (exact) mass is 313 g/mol. The third kappa shape index (κ3) is 2.70. The van der Waals surface area contributed by atoms with E-state index in [0.29, 0.717) is 11.8 Å². The first-order valence-corrected chi connectivity index (χ1v) is 7.77. The molecular formula is C20H15N3O. The van der Waals surface area contributed by atoms with Crippen LogP contribution in [0, 0.1) is 0 Å². The molecule has 4 nitrogen and oxygen atoms in total. The van der Waals surface area contributed by atoms with Crippen molar-refractivity contribution >= 4 is 10.8 Å². The molecule has 0 unspecified atom stereocenters. The van der Waals surface area contributed by atoms with Crippen LogP contribution in [0.4, 0.5) is 0 Å². The molecule has 0 aliphatic heterocycles. The molecule has 0 aliphatic carbocycles. The van der Waals surface area contributed by atoms with Crippen LogP contribution in [0.2, 0.25) is 0 Å². The molecule has 24 heavy (non-hydrogen) atoms. The second-order valence-electron chi connectivity index (χ2n) is 5.66. The van der Waals surface area contributed by atoms with Crippen molar-refractivity contribution in [3.05, 3.63) is 94.7 Å². The van der Waals surface area contributed by atoms with Crippen molar-refractivity contribution in [2.45, 2.75) is 6.42 Å². The average molecular weight is 313 g/mol. The number of aromatic nitrogens is 3. The van der Waals surface area contributed by atoms with Crippen LogP contribution in [0.15, 0.2) is 77.9 Å². The predicted octanol–water partition coefficient (Wildman–Crippen LogP) is 3.58. The summed E-state index contributed by atoms with van der Waals surface area (Å²) in [5.74, 6) is 0. The number of hydrogen-bond acceptors (Lipinski definition) is 3. The first-order chi connectivity index (χ1) is 11.8. The van der Waals surface area contributed by atoms with E-state index >= 15 is 0 Å². The minimum Gasteiger partial charge on any atom is -0.267 e. The number of fused-ring (bicyclic) bond motifs is 1. The number of pyridine rings is 1. The summed E-state index contributed by atoms with van der Waals surface area (Å²) in [4.78, 5) is 16.3. The largest absolute Gasteiger partial charge is 0.272 e. The summed E-state index contributed by atoms with van der Waals surface area (Å²) in [5, 5.41) is 8.42. The molecule has 0 saturated carbocycles. The summed E-state index contributed by atoms with van der Waals surface area (Å²) in [5.41, 5.74) is 3.90. The lowest BCUT2D eigenvalue weighted by atomic mass is 10.00. The van der Waals surface area contributed by atoms with Crippen LogP contribution in [-0.4, -0.2) is 15.2 Å². The first kappa shape index (κ1) is 14.3. The fourth-order valence-corrected chi connectivity index (χ4v) is 2.86. The molecule has 0 spiro atoms. The highest BCUT2D eigenvalue weighted by molar-refractivity contribution is 5.88. The highest BCUT2D eigenvalue weighted by Gasteiger charge is 2.09. The summed E-state index contributed by atoms with van der Waals surface area (Å²) in [7, 11) is 0. The number of H-pyrrole nitrogens is 1. The van der Waals surface area contributed by atoms with E-state index < -0.39 is 0 Å². The van der Waals surface area contributed by atoms with Crippen LogP contribution in [0.1, 0.15) is 11.3 Å². The van der Waals surface area contributed by atoms with Gasteiger partial charge in [-0.2, -0.15) is 5.10 Å². The van der Waals surface area contributed by atoms with Crippen LogP contribution in [0.3, 0.4) is 0 Å². The number of nitrogens with one attached hydrogen (secondary N) is 1. The maximum atomic E-state index is 12.1. The van der Waals surface area contributed by atoms with E-state index in [2.05, 4.69) is 27.3 Å². The highest BCUT2D eigenvalue weighted by Crippen LogP contribution is 2.24. The molecule has 0 bridgehead atoms. The lowest BCUT2D eigenvalue weighted by Crippen LogP contribution is -2.11. The van der Waals surface area contributed by atoms with Crippen molar-refractivity contribution in [2.24, 2.45) is 0 Å². The molecule has 116 valence electrons. The van der Waals surface area contributed by atoms with Gasteiger partial charge in [-0.15, -0.1) is 0 Å². The van der Waals surface area contributed by atoms with Crippen molar-refractivity contribution in [3.63, 3.8) is 0 Å². The number of aromatic amines is 1. The Labute approximate surface area is 138 Å². The van der Waals surface area contributed by atoms with Crippen LogP contribution in [-0.2, 0) is 6.42 Å². The van der Waals surface area contributed by atoms with E-state index in [9.17, 15) is 4.79 Å². The van der Waals surface area contributed by atoms with E-state index in [4.69, 9.17) is 0 Å². The summed E-state index contributed by atoms with van der Waals surface area (Å²) >= 11 is 0. The van der Waals surface area contributed by atoms with Gasteiger partial charge in [0.15, 0.2) is 0 Å². The number of benzene rings is 2. The van der Waals surface area contributed by atoms with Crippen molar-refractivity contribution in [1.82, 2.24) is 15.2 Å². The molecule has 4 rings (SSSR count). The Morgan fingerprint density at radius 2 is 1.75 bits per heavy atom. The molecule has 0 aliphatic rings. The summed E-state index contributed by atoms with van der Waals surface area (Å²) in [6, 6.07) is 19.8. The van der Waals surface area contributed by atoms with E-state index in [0.717, 1.165) is 27.8 Å². The Morgan fingerprint density at radius 1 is 0.875 bits per heavy atom. The van der Waals surface area contributed by atoms with E-state index in [1.165, 1.54) is 0 Å². The molecule has 0 fully saturated rings. The van der Waals surface area contributed by atoms with E-state index in [1.807, 2.05) is 54.7 Å². The van der Waals surface area contributed by atoms with Gasteiger partial charge in [0, 0.05) is 29.8 Å². The van der Waals surface area contributed by atoms with Gasteiger partial charge in [0.1, 0.15) is 0 Å². The second-order valence-corrected chi connectivity index (χ2v) is 5.66. The molecule has 2 aromatic heterocycles. The van der Waals surface area contributed by atoms with E-state index in [-0.39, 0.29) is 5.56 Å². The molecule has 0 saturated heterocycles. The average Bonchev–Trinajstić information content (AvgIpc) is 2.65. The zero-order valence-corrected chi connectivity index (χ0v) is 12.9. The van der Waals surface area contributed by atoms with Crippen LogP contribution in [0.25, 0.3) is 21.9 Å². The van der Waals surface area contributed by atoms with Crippen LogP contribution >= 0.6 is 0 Å². The van der Waals surface area contributed by atoms with Gasteiger partial charge >= 0.3 is 0 Å². The molecule has 4 aromatic rings. The van der Waals surface area contributed by atoms with Gasteiger partial charge in [0.25, 0.3) is 5.56 Å². The van der Waals surface area contributed by atoms with Crippen molar-refractivity contribution < 1.29 is 0 Å². The Morgan fingerprint density at radius 3 is 2.54 bits per heavy atom. The maximum absolute atomic E-state index is 12.1. The molecular weight excluding hydrogens is 298 g/mol. The molecule has 2 heterocycles. The minimum atomic E-state index is -0.167. The summed E-state index contributed by atoms with van der Waals surface area (Å²) < 4.78 is 0. The normalized spacial score (nSPS) is 10.8. The van der Waals surface area contributed by atoms with Gasteiger partial charge in [-0.05, 0) is 29.3 Å². The Bertz CT molecular complexity index is 1040. The van der Waals surface area contributed by atoms with Crippen molar-refractivity contribution in [1.29, 1.82) is 0 Å². The zero-order chi connectivity index (χ0) is 16.4. The summed E-state index contributed by atoms with van der Waals surface area (Å²) in [6.45, 7) is 0. The topological polar surface area (TPSA) is 58.6 Å². The Hall–Kier alpha value is -3.27. The van der Waals surface area contributed by atoms with Gasteiger partial charge in [0.05, 0.1) is 11.1 Å². The van der Waals surface area contributed by atoms with Crippen molar-refractivity contribution in [2.75, 3.05) is 0 Å². The zero-order valence-electron chi connectivity index (χ0n) is 12.9. The fourth-order valence-electron chi connectivity index (χ4n) is 2.86. The molecule has 1 N–H and O–H groups in total. The smallest absolute Gasteiger partial charge is 0.267 e. The number of nitrogens with zero attached hydrogens (tertiary/aromatic N) is 2. The standard InChI is InChI=1S/C20H15N3O/c24-20-17-9-8-15(16-7-4-10-21-13-16)12-18(17)19(22-23-20)11-14-5-2-1-3-6-14/h1-10,12-13H,11H2,(H,23,24). The van der Waals surface area contributed by atoms with Gasteiger partial charge in [-0.25, -0.2) is 5.10 Å². The fraction of sp³-hybridized carbons (Fsp3) is 0.0500. The molecule has 0 amide bonds. The van der Waals surface area contributed by atoms with Gasteiger partial charge in [-0.1, -0.05) is 42.5 Å². The SMILES string of the molecule is O=c1[nH]nc(Cc2ccccc2)c2cc(-c3cccnc3)ccc12. The third-order valence-corrected chi connectivity index (χ3v) is 4.08. The Kier molecular flexibility index (Phi) is 3.63. The van der Waals surface area contributed by atoms with Gasteiger partial charge in [0.2, 0.25) is 0 Å². The molecule has 0 radical (unpaired) electrons. The first-order valence-electron chi connectivity index (χ1n) is 7.77. The van der Waals surface area contributed by atoms with Gasteiger partial charge < -0.3 is 0 Å². The quantitative estimate of drug-likeness (QED) is 0.629. The maximum Gasteiger partial charge on any atom is 0.272 e. The van der Waals surface area contributed by atoms with E-state index in [1.54, 1.807) is 6.20 Å². The van der Waals surface area contributed by atoms with Gasteiger partial charge in [-0.3, -0.25) is 9.78 Å². The van der Waals surface area contributed by atoms with Crippen LogP contribution in [0.5, 0.6) is 0 Å². The lowest BCUT2D eigenvalue weighted by molar-refractivity contribution is 0.934. The second kappa shape index (κ2) is 6.08. The molecule has 4 heteroatoms. The molecule has 2 aromatic carbocycles. The highest BCUT2D eigenvalue weighted by atomic mass is 16.1. The number of rotatable bonds is 3. The lowest BCUT2D eigenvalue weighted by Gasteiger charge is -2.08. The minimum absolute atomic E-state index is 0.167. The van der Waals surface area contributed by atoms with Crippen molar-refractivity contribution in [3.8, 4) is 11.1 Å². The predicted molar refractivity (Wildman–Crippen MR) is 94.8 cm³/mol. The molecule has 0 atom stereocenters.